The van der Waals surface area contributed by atoms with Crippen LogP contribution in [0, 0.1) is 5.82 Å². The SMILES string of the molecule is CCS(=O)(=O)N1CCC(c2ncc(F)cn2)C1. The highest BCUT2D eigenvalue weighted by molar-refractivity contribution is 7.89. The van der Waals surface area contributed by atoms with Crippen LogP contribution >= 0.6 is 0 Å². The van der Waals surface area contributed by atoms with Crippen LogP contribution in [0.3, 0.4) is 0 Å². The van der Waals surface area contributed by atoms with E-state index in [1.807, 2.05) is 0 Å². The molecule has 0 saturated carbocycles. The van der Waals surface area contributed by atoms with Crippen molar-refractivity contribution in [3.8, 4) is 0 Å². The van der Waals surface area contributed by atoms with Gasteiger partial charge < -0.3 is 0 Å². The van der Waals surface area contributed by atoms with Crippen LogP contribution < -0.4 is 0 Å². The van der Waals surface area contributed by atoms with E-state index in [1.54, 1.807) is 6.92 Å². The summed E-state index contributed by atoms with van der Waals surface area (Å²) in [4.78, 5) is 7.79. The maximum Gasteiger partial charge on any atom is 0.213 e. The van der Waals surface area contributed by atoms with E-state index in [0.717, 1.165) is 12.4 Å². The van der Waals surface area contributed by atoms with Gasteiger partial charge in [0.2, 0.25) is 10.0 Å². The van der Waals surface area contributed by atoms with Crippen LogP contribution in [0.4, 0.5) is 4.39 Å². The second-order valence-electron chi connectivity index (χ2n) is 4.00. The minimum atomic E-state index is -3.14. The molecule has 7 heteroatoms. The van der Waals surface area contributed by atoms with E-state index >= 15 is 0 Å². The zero-order valence-corrected chi connectivity index (χ0v) is 10.3. The molecule has 0 aliphatic carbocycles. The number of rotatable bonds is 3. The van der Waals surface area contributed by atoms with E-state index in [2.05, 4.69) is 9.97 Å². The monoisotopic (exact) mass is 259 g/mol. The van der Waals surface area contributed by atoms with Gasteiger partial charge in [-0.25, -0.2) is 27.1 Å². The average molecular weight is 259 g/mol. The molecule has 1 unspecified atom stereocenters. The van der Waals surface area contributed by atoms with Crippen LogP contribution in [-0.4, -0.2) is 41.5 Å². The van der Waals surface area contributed by atoms with Gasteiger partial charge in [-0.2, -0.15) is 0 Å². The maximum atomic E-state index is 12.7. The molecule has 1 saturated heterocycles. The van der Waals surface area contributed by atoms with Crippen molar-refractivity contribution >= 4 is 10.0 Å². The van der Waals surface area contributed by atoms with Crippen molar-refractivity contribution in [1.82, 2.24) is 14.3 Å². The minimum Gasteiger partial charge on any atom is -0.238 e. The number of aromatic nitrogens is 2. The minimum absolute atomic E-state index is 0.0306. The van der Waals surface area contributed by atoms with Crippen molar-refractivity contribution < 1.29 is 12.8 Å². The summed E-state index contributed by atoms with van der Waals surface area (Å²) in [5, 5.41) is 0. The molecule has 2 rings (SSSR count). The number of halogens is 1. The smallest absolute Gasteiger partial charge is 0.213 e. The Bertz CT molecular complexity index is 489. The molecule has 5 nitrogen and oxygen atoms in total. The van der Waals surface area contributed by atoms with Gasteiger partial charge in [-0.1, -0.05) is 0 Å². The van der Waals surface area contributed by atoms with Crippen LogP contribution in [0.1, 0.15) is 25.1 Å². The summed E-state index contributed by atoms with van der Waals surface area (Å²) in [6.45, 7) is 2.50. The van der Waals surface area contributed by atoms with Gasteiger partial charge in [0, 0.05) is 19.0 Å². The molecule has 2 heterocycles. The molecule has 94 valence electrons. The Kier molecular flexibility index (Phi) is 3.39. The average Bonchev–Trinajstić information content (AvgIpc) is 2.80. The molecule has 1 aliphatic heterocycles. The van der Waals surface area contributed by atoms with Crippen molar-refractivity contribution in [2.24, 2.45) is 0 Å². The predicted octanol–water partition coefficient (Wildman–Crippen LogP) is 0.755. The zero-order valence-electron chi connectivity index (χ0n) is 9.50. The number of hydrogen-bond donors (Lipinski definition) is 0. The third kappa shape index (κ3) is 2.61. The Morgan fingerprint density at radius 3 is 2.71 bits per heavy atom. The van der Waals surface area contributed by atoms with Crippen molar-refractivity contribution in [3.05, 3.63) is 24.0 Å². The lowest BCUT2D eigenvalue weighted by atomic mass is 10.1. The van der Waals surface area contributed by atoms with Crippen molar-refractivity contribution in [2.45, 2.75) is 19.3 Å². The standard InChI is InChI=1S/C10H14FN3O2S/c1-2-17(15,16)14-4-3-8(7-14)10-12-5-9(11)6-13-10/h5-6,8H,2-4,7H2,1H3. The van der Waals surface area contributed by atoms with Crippen LogP contribution in [0.25, 0.3) is 0 Å². The quantitative estimate of drug-likeness (QED) is 0.803. The van der Waals surface area contributed by atoms with E-state index in [0.29, 0.717) is 25.3 Å². The highest BCUT2D eigenvalue weighted by Crippen LogP contribution is 2.26. The molecule has 1 aliphatic rings. The van der Waals surface area contributed by atoms with Crippen molar-refractivity contribution in [2.75, 3.05) is 18.8 Å². The lowest BCUT2D eigenvalue weighted by molar-refractivity contribution is 0.472. The molecule has 0 amide bonds. The summed E-state index contributed by atoms with van der Waals surface area (Å²) in [5.74, 6) is 0.103. The first-order valence-electron chi connectivity index (χ1n) is 5.48. The largest absolute Gasteiger partial charge is 0.238 e. The maximum absolute atomic E-state index is 12.7. The van der Waals surface area contributed by atoms with Gasteiger partial charge >= 0.3 is 0 Å². The van der Waals surface area contributed by atoms with E-state index in [4.69, 9.17) is 0 Å². The molecule has 0 bridgehead atoms. The van der Waals surface area contributed by atoms with Crippen LogP contribution in [-0.2, 0) is 10.0 Å². The fourth-order valence-electron chi connectivity index (χ4n) is 1.91. The van der Waals surface area contributed by atoms with Gasteiger partial charge in [-0.15, -0.1) is 0 Å². The molecule has 0 aromatic carbocycles. The molecule has 1 fully saturated rings. The van der Waals surface area contributed by atoms with E-state index in [1.165, 1.54) is 4.31 Å². The molecule has 1 aromatic heterocycles. The predicted molar refractivity (Wildman–Crippen MR) is 60.4 cm³/mol. The molecular formula is C10H14FN3O2S. The molecule has 1 aromatic rings. The van der Waals surface area contributed by atoms with Crippen molar-refractivity contribution in [1.29, 1.82) is 0 Å². The van der Waals surface area contributed by atoms with Gasteiger partial charge in [-0.3, -0.25) is 0 Å². The molecule has 0 spiro atoms. The summed E-state index contributed by atoms with van der Waals surface area (Å²) in [6.07, 6.45) is 2.91. The van der Waals surface area contributed by atoms with Gasteiger partial charge in [-0.05, 0) is 13.3 Å². The van der Waals surface area contributed by atoms with Crippen molar-refractivity contribution in [3.63, 3.8) is 0 Å². The first kappa shape index (κ1) is 12.4. The fourth-order valence-corrected chi connectivity index (χ4v) is 3.06. The molecule has 0 N–H and O–H groups in total. The summed E-state index contributed by atoms with van der Waals surface area (Å²) in [5.41, 5.74) is 0. The van der Waals surface area contributed by atoms with E-state index < -0.39 is 15.8 Å². The molecule has 1 atom stereocenters. The van der Waals surface area contributed by atoms with Crippen LogP contribution in [0.15, 0.2) is 12.4 Å². The van der Waals surface area contributed by atoms with E-state index in [-0.39, 0.29) is 11.7 Å². The van der Waals surface area contributed by atoms with Gasteiger partial charge in [0.1, 0.15) is 5.82 Å². The first-order chi connectivity index (χ1) is 8.03. The highest BCUT2D eigenvalue weighted by Gasteiger charge is 2.32. The first-order valence-corrected chi connectivity index (χ1v) is 7.09. The molecular weight excluding hydrogens is 245 g/mol. The lowest BCUT2D eigenvalue weighted by Crippen LogP contribution is -2.30. The third-order valence-electron chi connectivity index (χ3n) is 2.91. The number of sulfonamides is 1. The Labute approximate surface area is 99.7 Å². The Morgan fingerprint density at radius 1 is 1.47 bits per heavy atom. The summed E-state index contributed by atoms with van der Waals surface area (Å²) >= 11 is 0. The second-order valence-corrected chi connectivity index (χ2v) is 6.26. The number of hydrogen-bond acceptors (Lipinski definition) is 4. The molecule has 0 radical (unpaired) electrons. The number of nitrogens with zero attached hydrogens (tertiary/aromatic N) is 3. The van der Waals surface area contributed by atoms with Crippen LogP contribution in [0.2, 0.25) is 0 Å². The van der Waals surface area contributed by atoms with E-state index in [9.17, 15) is 12.8 Å². The Hall–Kier alpha value is -1.08. The normalized spacial score (nSPS) is 21.9. The van der Waals surface area contributed by atoms with Gasteiger partial charge in [0.25, 0.3) is 0 Å². The Balaban J connectivity index is 2.10. The molecule has 17 heavy (non-hydrogen) atoms. The summed E-state index contributed by atoms with van der Waals surface area (Å²) in [7, 11) is -3.14. The summed E-state index contributed by atoms with van der Waals surface area (Å²) in [6, 6.07) is 0. The summed E-state index contributed by atoms with van der Waals surface area (Å²) < 4.78 is 37.4. The zero-order chi connectivity index (χ0) is 12.5. The fraction of sp³-hybridized carbons (Fsp3) is 0.600. The van der Waals surface area contributed by atoms with Gasteiger partial charge in [0.15, 0.2) is 5.82 Å². The third-order valence-corrected chi connectivity index (χ3v) is 4.76. The van der Waals surface area contributed by atoms with Gasteiger partial charge in [0.05, 0.1) is 18.1 Å². The topological polar surface area (TPSA) is 63.2 Å². The van der Waals surface area contributed by atoms with Crippen LogP contribution in [0.5, 0.6) is 0 Å². The lowest BCUT2D eigenvalue weighted by Gasteiger charge is -2.14. The Morgan fingerprint density at radius 2 is 2.12 bits per heavy atom. The highest BCUT2D eigenvalue weighted by atomic mass is 32.2. The second kappa shape index (κ2) is 4.66.